The summed E-state index contributed by atoms with van der Waals surface area (Å²) in [5, 5.41) is 18.6. The summed E-state index contributed by atoms with van der Waals surface area (Å²) < 4.78 is 78.5. The van der Waals surface area contributed by atoms with Gasteiger partial charge in [0.1, 0.15) is 17.7 Å². The minimum atomic E-state index is -4.72. The number of hydrogen-bond acceptors (Lipinski definition) is 8. The molecule has 43 heavy (non-hydrogen) atoms. The number of nitrogen functional groups attached to an aromatic ring is 1. The largest absolute Gasteiger partial charge is 0.416 e. The average Bonchev–Trinajstić information content (AvgIpc) is 3.25. The highest BCUT2D eigenvalue weighted by molar-refractivity contribution is 7.91. The van der Waals surface area contributed by atoms with Gasteiger partial charge in [0.2, 0.25) is 0 Å². The Bertz CT molecular complexity index is 1840. The van der Waals surface area contributed by atoms with E-state index in [-0.39, 0.29) is 29.4 Å². The van der Waals surface area contributed by atoms with Gasteiger partial charge in [0.25, 0.3) is 0 Å². The number of fused-ring (bicyclic) bond motifs is 1. The van der Waals surface area contributed by atoms with Crippen LogP contribution in [-0.4, -0.2) is 58.5 Å². The lowest BCUT2D eigenvalue weighted by atomic mass is 9.98. The van der Waals surface area contributed by atoms with Crippen molar-refractivity contribution in [2.24, 2.45) is 0 Å². The van der Waals surface area contributed by atoms with Gasteiger partial charge in [-0.05, 0) is 41.5 Å². The number of anilines is 3. The van der Waals surface area contributed by atoms with Gasteiger partial charge < -0.3 is 16.4 Å². The van der Waals surface area contributed by atoms with Crippen molar-refractivity contribution in [2.45, 2.75) is 19.1 Å². The number of sulfone groups is 1. The molecule has 1 aliphatic heterocycles. The molecule has 2 aromatic heterocycles. The molecule has 0 bridgehead atoms. The summed E-state index contributed by atoms with van der Waals surface area (Å²) in [6.07, 6.45) is -3.44. The standard InChI is InChI=1S/C27H24F4N8O3S/c28-20-6-3-17(27(29,30)31)13-21(20)37-26(40)36-18-4-1-16(2-5-18)23-19(7-8-32)22(39-24(23)25(33)34-15-35-39)14-38-9-11-43(41,42)12-10-38/h1-6,13,15H,7,9-12,14H2,(H2,33,34,35)(H2,36,37,40). The summed E-state index contributed by atoms with van der Waals surface area (Å²) in [5.41, 5.74) is 7.66. The van der Waals surface area contributed by atoms with Gasteiger partial charge >= 0.3 is 12.2 Å². The molecule has 2 aromatic carbocycles. The number of hydrogen-bond donors (Lipinski definition) is 3. The van der Waals surface area contributed by atoms with Crippen LogP contribution in [0, 0.1) is 17.1 Å². The smallest absolute Gasteiger partial charge is 0.382 e. The second kappa shape index (κ2) is 11.5. The van der Waals surface area contributed by atoms with E-state index in [1.807, 2.05) is 4.90 Å². The predicted molar refractivity (Wildman–Crippen MR) is 150 cm³/mol. The first-order valence-corrected chi connectivity index (χ1v) is 14.7. The normalized spacial score (nSPS) is 15.2. The van der Waals surface area contributed by atoms with E-state index in [0.29, 0.717) is 65.7 Å². The second-order valence-electron chi connectivity index (χ2n) is 9.82. The number of nitrogens with one attached hydrogen (secondary N) is 2. The Morgan fingerprint density at radius 1 is 1.09 bits per heavy atom. The van der Waals surface area contributed by atoms with Crippen LogP contribution in [0.3, 0.4) is 0 Å². The fraction of sp³-hybridized carbons (Fsp3) is 0.259. The molecule has 0 atom stereocenters. The van der Waals surface area contributed by atoms with Gasteiger partial charge in [-0.3, -0.25) is 4.90 Å². The number of urea groups is 1. The number of carbonyl (C=O) groups excluding carboxylic acids is 1. The van der Waals surface area contributed by atoms with Gasteiger partial charge in [0, 0.05) is 30.9 Å². The van der Waals surface area contributed by atoms with Crippen molar-refractivity contribution >= 4 is 38.6 Å². The summed E-state index contributed by atoms with van der Waals surface area (Å²) >= 11 is 0. The van der Waals surface area contributed by atoms with E-state index < -0.39 is 39.1 Å². The summed E-state index contributed by atoms with van der Waals surface area (Å²) in [7, 11) is -3.10. The number of alkyl halides is 3. The van der Waals surface area contributed by atoms with Gasteiger partial charge in [-0.15, -0.1) is 0 Å². The van der Waals surface area contributed by atoms with Crippen molar-refractivity contribution in [1.29, 1.82) is 5.26 Å². The van der Waals surface area contributed by atoms with Crippen molar-refractivity contribution in [3.05, 3.63) is 71.4 Å². The fourth-order valence-corrected chi connectivity index (χ4v) is 6.16. The van der Waals surface area contributed by atoms with Gasteiger partial charge in [0.15, 0.2) is 15.7 Å². The predicted octanol–water partition coefficient (Wildman–Crippen LogP) is 4.08. The molecule has 16 heteroatoms. The molecule has 1 saturated heterocycles. The molecule has 1 aliphatic rings. The first kappa shape index (κ1) is 29.7. The van der Waals surface area contributed by atoms with E-state index in [1.54, 1.807) is 16.6 Å². The topological polar surface area (TPSA) is 159 Å². The molecular weight excluding hydrogens is 592 g/mol. The molecule has 4 N–H and O–H groups in total. The van der Waals surface area contributed by atoms with E-state index in [2.05, 4.69) is 26.8 Å². The van der Waals surface area contributed by atoms with Crippen molar-refractivity contribution in [3.8, 4) is 17.2 Å². The molecule has 0 unspecified atom stereocenters. The minimum Gasteiger partial charge on any atom is -0.382 e. The monoisotopic (exact) mass is 616 g/mol. The molecule has 4 aromatic rings. The molecule has 0 saturated carbocycles. The quantitative estimate of drug-likeness (QED) is 0.274. The molecule has 2 amide bonds. The van der Waals surface area contributed by atoms with Crippen LogP contribution in [0.4, 0.5) is 39.5 Å². The Morgan fingerprint density at radius 2 is 1.79 bits per heavy atom. The van der Waals surface area contributed by atoms with Crippen LogP contribution in [-0.2, 0) is 29.0 Å². The number of carbonyl (C=O) groups is 1. The molecule has 0 radical (unpaired) electrons. The Morgan fingerprint density at radius 3 is 2.44 bits per heavy atom. The summed E-state index contributed by atoms with van der Waals surface area (Å²) in [6, 6.07) is 9.20. The maximum atomic E-state index is 14.1. The van der Waals surface area contributed by atoms with Crippen molar-refractivity contribution < 1.29 is 30.8 Å². The van der Waals surface area contributed by atoms with Gasteiger partial charge in [-0.1, -0.05) is 12.1 Å². The molecular formula is C27H24F4N8O3S. The maximum Gasteiger partial charge on any atom is 0.416 e. The Balaban J connectivity index is 1.43. The zero-order valence-electron chi connectivity index (χ0n) is 22.3. The summed E-state index contributed by atoms with van der Waals surface area (Å²) in [4.78, 5) is 18.5. The lowest BCUT2D eigenvalue weighted by Crippen LogP contribution is -2.40. The number of halogens is 4. The number of aromatic nitrogens is 3. The van der Waals surface area contributed by atoms with E-state index in [0.717, 1.165) is 0 Å². The van der Waals surface area contributed by atoms with Crippen molar-refractivity contribution in [1.82, 2.24) is 19.5 Å². The molecule has 0 spiro atoms. The maximum absolute atomic E-state index is 14.1. The van der Waals surface area contributed by atoms with Crippen LogP contribution in [0.25, 0.3) is 16.6 Å². The highest BCUT2D eigenvalue weighted by Crippen LogP contribution is 2.37. The number of benzene rings is 2. The van der Waals surface area contributed by atoms with Crippen molar-refractivity contribution in [3.63, 3.8) is 0 Å². The average molecular weight is 617 g/mol. The molecule has 11 nitrogen and oxygen atoms in total. The van der Waals surface area contributed by atoms with Crippen LogP contribution in [0.15, 0.2) is 48.8 Å². The third-order valence-electron chi connectivity index (χ3n) is 7.00. The molecule has 5 rings (SSSR count). The highest BCUT2D eigenvalue weighted by atomic mass is 32.2. The van der Waals surface area contributed by atoms with Crippen LogP contribution < -0.4 is 16.4 Å². The molecule has 1 fully saturated rings. The number of nitrogens with two attached hydrogens (primary N) is 1. The van der Waals surface area contributed by atoms with Crippen molar-refractivity contribution in [2.75, 3.05) is 41.0 Å². The molecule has 224 valence electrons. The Kier molecular flexibility index (Phi) is 7.95. The van der Waals surface area contributed by atoms with Crippen LogP contribution >= 0.6 is 0 Å². The second-order valence-corrected chi connectivity index (χ2v) is 12.1. The van der Waals surface area contributed by atoms with E-state index in [9.17, 15) is 36.0 Å². The SMILES string of the molecule is N#CCc1c(-c2ccc(NC(=O)Nc3cc(C(F)(F)F)ccc3F)cc2)c2c(N)ncnn2c1CN1CCS(=O)(=O)CC1. The fourth-order valence-electron chi connectivity index (χ4n) is 4.89. The van der Waals surface area contributed by atoms with Crippen LogP contribution in [0.2, 0.25) is 0 Å². The lowest BCUT2D eigenvalue weighted by Gasteiger charge is -2.26. The molecule has 3 heterocycles. The Labute approximate surface area is 242 Å². The minimum absolute atomic E-state index is 0.00936. The number of amides is 2. The number of nitrogens with zero attached hydrogens (tertiary/aromatic N) is 5. The first-order valence-electron chi connectivity index (χ1n) is 12.8. The van der Waals surface area contributed by atoms with E-state index in [4.69, 9.17) is 5.73 Å². The number of nitriles is 1. The number of rotatable bonds is 6. The van der Waals surface area contributed by atoms with Gasteiger partial charge in [-0.2, -0.15) is 23.5 Å². The summed E-state index contributed by atoms with van der Waals surface area (Å²) in [5.74, 6) is -0.834. The zero-order valence-corrected chi connectivity index (χ0v) is 23.1. The third kappa shape index (κ3) is 6.37. The highest BCUT2D eigenvalue weighted by Gasteiger charge is 2.31. The van der Waals surface area contributed by atoms with Crippen LogP contribution in [0.1, 0.15) is 16.8 Å². The van der Waals surface area contributed by atoms with Gasteiger partial charge in [-0.25, -0.2) is 27.1 Å². The molecule has 0 aliphatic carbocycles. The van der Waals surface area contributed by atoms with E-state index >= 15 is 0 Å². The Hall–Kier alpha value is -4.75. The summed E-state index contributed by atoms with van der Waals surface area (Å²) in [6.45, 7) is 0.963. The zero-order chi connectivity index (χ0) is 30.9. The third-order valence-corrected chi connectivity index (χ3v) is 8.61. The van der Waals surface area contributed by atoms with Crippen LogP contribution in [0.5, 0.6) is 0 Å². The lowest BCUT2D eigenvalue weighted by molar-refractivity contribution is -0.137. The van der Waals surface area contributed by atoms with E-state index in [1.165, 1.54) is 18.5 Å². The van der Waals surface area contributed by atoms with Gasteiger partial charge in [0.05, 0.1) is 40.9 Å². The first-order chi connectivity index (χ1) is 20.4.